The maximum absolute atomic E-state index is 3.78. The van der Waals surface area contributed by atoms with E-state index in [4.69, 9.17) is 0 Å². The van der Waals surface area contributed by atoms with E-state index in [1.807, 2.05) is 6.08 Å². The van der Waals surface area contributed by atoms with E-state index in [1.165, 1.54) is 32.4 Å². The predicted molar refractivity (Wildman–Crippen MR) is 58.0 cm³/mol. The highest BCUT2D eigenvalue weighted by molar-refractivity contribution is 4.79. The van der Waals surface area contributed by atoms with Crippen molar-refractivity contribution in [3.05, 3.63) is 12.7 Å². The molecule has 0 aliphatic carbocycles. The van der Waals surface area contributed by atoms with E-state index in [9.17, 15) is 0 Å². The van der Waals surface area contributed by atoms with Crippen molar-refractivity contribution in [2.45, 2.75) is 32.2 Å². The molecule has 2 heteroatoms. The van der Waals surface area contributed by atoms with E-state index >= 15 is 0 Å². The van der Waals surface area contributed by atoms with Crippen molar-refractivity contribution in [1.82, 2.24) is 10.2 Å². The molecule has 0 amide bonds. The van der Waals surface area contributed by atoms with Crippen LogP contribution in [0.15, 0.2) is 12.7 Å². The fourth-order valence-corrected chi connectivity index (χ4v) is 1.91. The van der Waals surface area contributed by atoms with Gasteiger partial charge >= 0.3 is 0 Å². The Morgan fingerprint density at radius 1 is 1.54 bits per heavy atom. The zero-order valence-corrected chi connectivity index (χ0v) is 8.76. The maximum Gasteiger partial charge on any atom is 0.0195 e. The second-order valence-corrected chi connectivity index (χ2v) is 3.79. The minimum absolute atomic E-state index is 0.716. The van der Waals surface area contributed by atoms with Gasteiger partial charge in [0.25, 0.3) is 0 Å². The summed E-state index contributed by atoms with van der Waals surface area (Å²) in [6.45, 7) is 10.5. The first-order valence-corrected chi connectivity index (χ1v) is 5.43. The highest BCUT2D eigenvalue weighted by Crippen LogP contribution is 2.08. The zero-order valence-electron chi connectivity index (χ0n) is 8.76. The molecular weight excluding hydrogens is 160 g/mol. The van der Waals surface area contributed by atoms with Crippen molar-refractivity contribution in [2.75, 3.05) is 26.2 Å². The van der Waals surface area contributed by atoms with E-state index in [-0.39, 0.29) is 0 Å². The molecule has 1 rings (SSSR count). The van der Waals surface area contributed by atoms with Crippen molar-refractivity contribution >= 4 is 0 Å². The fraction of sp³-hybridized carbons (Fsp3) is 0.818. The molecule has 1 N–H and O–H groups in total. The van der Waals surface area contributed by atoms with Gasteiger partial charge in [0.2, 0.25) is 0 Å². The molecule has 13 heavy (non-hydrogen) atoms. The molecule has 0 radical (unpaired) electrons. The summed E-state index contributed by atoms with van der Waals surface area (Å²) in [6.07, 6.45) is 6.08. The van der Waals surface area contributed by atoms with Crippen LogP contribution < -0.4 is 5.32 Å². The molecule has 76 valence electrons. The van der Waals surface area contributed by atoms with E-state index in [0.717, 1.165) is 13.1 Å². The van der Waals surface area contributed by atoms with Gasteiger partial charge in [0.15, 0.2) is 0 Å². The Hall–Kier alpha value is -0.340. The summed E-state index contributed by atoms with van der Waals surface area (Å²) in [4.78, 5) is 2.44. The monoisotopic (exact) mass is 182 g/mol. The summed E-state index contributed by atoms with van der Waals surface area (Å²) in [5, 5.41) is 3.57. The van der Waals surface area contributed by atoms with Crippen molar-refractivity contribution < 1.29 is 0 Å². The van der Waals surface area contributed by atoms with Crippen LogP contribution >= 0.6 is 0 Å². The van der Waals surface area contributed by atoms with Crippen molar-refractivity contribution in [3.8, 4) is 0 Å². The molecular formula is C11H22N2. The van der Waals surface area contributed by atoms with E-state index in [1.54, 1.807) is 0 Å². The highest BCUT2D eigenvalue weighted by Gasteiger charge is 2.14. The van der Waals surface area contributed by atoms with Gasteiger partial charge in [-0.3, -0.25) is 4.90 Å². The topological polar surface area (TPSA) is 15.3 Å². The van der Waals surface area contributed by atoms with Crippen LogP contribution in [-0.2, 0) is 0 Å². The van der Waals surface area contributed by atoms with Gasteiger partial charge in [-0.05, 0) is 25.9 Å². The maximum atomic E-state index is 3.78. The van der Waals surface area contributed by atoms with Crippen LogP contribution in [-0.4, -0.2) is 37.1 Å². The van der Waals surface area contributed by atoms with Crippen molar-refractivity contribution in [3.63, 3.8) is 0 Å². The molecule has 1 heterocycles. The first-order chi connectivity index (χ1) is 6.36. The van der Waals surface area contributed by atoms with Crippen molar-refractivity contribution in [2.24, 2.45) is 0 Å². The van der Waals surface area contributed by atoms with Crippen molar-refractivity contribution in [1.29, 1.82) is 0 Å². The first-order valence-electron chi connectivity index (χ1n) is 5.43. The number of hydrogen-bond acceptors (Lipinski definition) is 2. The molecule has 0 bridgehead atoms. The first kappa shape index (κ1) is 10.7. The lowest BCUT2D eigenvalue weighted by atomic mass is 10.0. The van der Waals surface area contributed by atoms with Crippen LogP contribution in [0.1, 0.15) is 26.2 Å². The molecule has 1 aliphatic heterocycles. The molecule has 0 saturated carbocycles. The van der Waals surface area contributed by atoms with Gasteiger partial charge in [-0.2, -0.15) is 0 Å². The minimum atomic E-state index is 0.716. The Balaban J connectivity index is 2.22. The molecule has 1 atom stereocenters. The average Bonchev–Trinajstić information content (AvgIpc) is 2.19. The number of hydrogen-bond donors (Lipinski definition) is 1. The molecule has 1 saturated heterocycles. The average molecular weight is 182 g/mol. The lowest BCUT2D eigenvalue weighted by Crippen LogP contribution is -2.43. The van der Waals surface area contributed by atoms with Crippen LogP contribution in [0.5, 0.6) is 0 Å². The third kappa shape index (κ3) is 3.92. The quantitative estimate of drug-likeness (QED) is 0.650. The van der Waals surface area contributed by atoms with Gasteiger partial charge in [-0.1, -0.05) is 19.4 Å². The third-order valence-corrected chi connectivity index (χ3v) is 2.73. The fourth-order valence-electron chi connectivity index (χ4n) is 1.91. The summed E-state index contributed by atoms with van der Waals surface area (Å²) in [7, 11) is 0. The largest absolute Gasteiger partial charge is 0.313 e. The van der Waals surface area contributed by atoms with Gasteiger partial charge in [0.1, 0.15) is 0 Å². The Bertz CT molecular complexity index is 139. The Kier molecular flexibility index (Phi) is 5.09. The number of nitrogens with zero attached hydrogens (tertiary/aromatic N) is 1. The lowest BCUT2D eigenvalue weighted by molar-refractivity contribution is 0.252. The molecule has 1 fully saturated rings. The molecule has 0 aromatic rings. The zero-order chi connectivity index (χ0) is 9.52. The summed E-state index contributed by atoms with van der Waals surface area (Å²) >= 11 is 0. The van der Waals surface area contributed by atoms with Gasteiger partial charge in [-0.25, -0.2) is 0 Å². The molecule has 1 aliphatic rings. The van der Waals surface area contributed by atoms with Crippen LogP contribution in [0.2, 0.25) is 0 Å². The minimum Gasteiger partial charge on any atom is -0.313 e. The molecule has 0 aromatic heterocycles. The number of piperidine rings is 1. The molecule has 1 unspecified atom stereocenters. The van der Waals surface area contributed by atoms with Gasteiger partial charge in [0.05, 0.1) is 0 Å². The third-order valence-electron chi connectivity index (χ3n) is 2.73. The molecule has 0 aromatic carbocycles. The normalized spacial score (nSPS) is 23.4. The summed E-state index contributed by atoms with van der Waals surface area (Å²) in [5.41, 5.74) is 0. The Labute approximate surface area is 82.0 Å². The number of nitrogens with one attached hydrogen (secondary N) is 1. The van der Waals surface area contributed by atoms with E-state index in [2.05, 4.69) is 23.7 Å². The molecule has 0 spiro atoms. The number of rotatable bonds is 5. The van der Waals surface area contributed by atoms with Gasteiger partial charge in [-0.15, -0.1) is 6.58 Å². The second kappa shape index (κ2) is 6.17. The molecule has 2 nitrogen and oxygen atoms in total. The summed E-state index contributed by atoms with van der Waals surface area (Å²) in [6, 6.07) is 0.716. The van der Waals surface area contributed by atoms with Gasteiger partial charge in [0, 0.05) is 19.1 Å². The Morgan fingerprint density at radius 2 is 2.38 bits per heavy atom. The number of likely N-dealkylation sites (N-methyl/N-ethyl adjacent to an activating group) is 1. The standard InChI is InChI=1S/C11H22N2/c1-3-9-13(4-2)10-11-7-5-6-8-12-11/h3,11-12H,1,4-10H2,2H3. The smallest absolute Gasteiger partial charge is 0.0195 e. The second-order valence-electron chi connectivity index (χ2n) is 3.79. The Morgan fingerprint density at radius 3 is 2.92 bits per heavy atom. The SMILES string of the molecule is C=CCN(CC)CC1CCCCN1. The lowest BCUT2D eigenvalue weighted by Gasteiger charge is -2.29. The van der Waals surface area contributed by atoms with E-state index < -0.39 is 0 Å². The summed E-state index contributed by atoms with van der Waals surface area (Å²) < 4.78 is 0. The predicted octanol–water partition coefficient (Wildman–Crippen LogP) is 1.64. The highest BCUT2D eigenvalue weighted by atomic mass is 15.1. The van der Waals surface area contributed by atoms with Crippen LogP contribution in [0.25, 0.3) is 0 Å². The van der Waals surface area contributed by atoms with Crippen LogP contribution in [0.3, 0.4) is 0 Å². The van der Waals surface area contributed by atoms with Crippen LogP contribution in [0, 0.1) is 0 Å². The van der Waals surface area contributed by atoms with Gasteiger partial charge < -0.3 is 5.32 Å². The summed E-state index contributed by atoms with van der Waals surface area (Å²) in [5.74, 6) is 0. The van der Waals surface area contributed by atoms with E-state index in [0.29, 0.717) is 6.04 Å². The van der Waals surface area contributed by atoms with Crippen LogP contribution in [0.4, 0.5) is 0 Å².